The Kier molecular flexibility index (Phi) is 7.60. The molecule has 0 radical (unpaired) electrons. The van der Waals surface area contributed by atoms with E-state index < -0.39 is 11.9 Å². The molecule has 0 spiro atoms. The first-order valence-electron chi connectivity index (χ1n) is 10.1. The van der Waals surface area contributed by atoms with Gasteiger partial charge in [-0.05, 0) is 59.5 Å². The number of carbonyl (C=O) groups excluding carboxylic acids is 2. The first-order chi connectivity index (χ1) is 15.0. The maximum atomic E-state index is 12.0. The molecule has 0 heterocycles. The summed E-state index contributed by atoms with van der Waals surface area (Å²) < 4.78 is 10.7. The van der Waals surface area contributed by atoms with Gasteiger partial charge in [0, 0.05) is 11.8 Å². The number of para-hydroxylation sites is 1. The number of hydrogen-bond donors (Lipinski definition) is 1. The minimum atomic E-state index is -0.574. The van der Waals surface area contributed by atoms with Crippen LogP contribution in [-0.4, -0.2) is 18.5 Å². The number of benzene rings is 3. The van der Waals surface area contributed by atoms with Crippen LogP contribution in [0.4, 0.5) is 5.69 Å². The van der Waals surface area contributed by atoms with E-state index >= 15 is 0 Å². The topological polar surface area (TPSA) is 64.6 Å². The van der Waals surface area contributed by atoms with Crippen LogP contribution in [0.25, 0.3) is 6.08 Å². The minimum absolute atomic E-state index is 0.363. The molecular weight excluding hydrogens is 390 g/mol. The fourth-order valence-electron chi connectivity index (χ4n) is 2.77. The lowest BCUT2D eigenvalue weighted by Gasteiger charge is -2.08. The molecule has 158 valence electrons. The van der Waals surface area contributed by atoms with E-state index in [1.165, 1.54) is 11.6 Å². The van der Waals surface area contributed by atoms with E-state index in [0.29, 0.717) is 17.4 Å². The molecule has 0 bridgehead atoms. The standard InChI is InChI=1S/C26H25NO4/c1-19(2)21-11-8-20(9-12-21)10-17-26(29)30-18-25(28)27-22-13-15-24(16-14-22)31-23-6-4-3-5-7-23/h3-17,19H,18H2,1-2H3,(H,27,28)/b17-10+. The number of ether oxygens (including phenoxy) is 2. The van der Waals surface area contributed by atoms with Crippen LogP contribution >= 0.6 is 0 Å². The van der Waals surface area contributed by atoms with E-state index in [1.807, 2.05) is 54.6 Å². The predicted molar refractivity (Wildman–Crippen MR) is 122 cm³/mol. The maximum absolute atomic E-state index is 12.0. The van der Waals surface area contributed by atoms with Gasteiger partial charge < -0.3 is 14.8 Å². The van der Waals surface area contributed by atoms with E-state index in [9.17, 15) is 9.59 Å². The Hall–Kier alpha value is -3.86. The number of rotatable bonds is 8. The highest BCUT2D eigenvalue weighted by Gasteiger charge is 2.06. The van der Waals surface area contributed by atoms with Crippen molar-refractivity contribution in [2.24, 2.45) is 0 Å². The summed E-state index contributed by atoms with van der Waals surface area (Å²) in [5.74, 6) is 0.848. The highest BCUT2D eigenvalue weighted by Crippen LogP contribution is 2.22. The molecule has 5 heteroatoms. The van der Waals surface area contributed by atoms with Crippen molar-refractivity contribution in [2.75, 3.05) is 11.9 Å². The van der Waals surface area contributed by atoms with Crippen molar-refractivity contribution >= 4 is 23.6 Å². The van der Waals surface area contributed by atoms with Gasteiger partial charge in [-0.3, -0.25) is 4.79 Å². The second kappa shape index (κ2) is 10.8. The van der Waals surface area contributed by atoms with Gasteiger partial charge in [0.2, 0.25) is 0 Å². The van der Waals surface area contributed by atoms with Gasteiger partial charge in [0.1, 0.15) is 11.5 Å². The summed E-state index contributed by atoms with van der Waals surface area (Å²) in [5.41, 5.74) is 2.71. The Morgan fingerprint density at radius 1 is 0.871 bits per heavy atom. The van der Waals surface area contributed by atoms with Gasteiger partial charge in [-0.1, -0.05) is 56.3 Å². The highest BCUT2D eigenvalue weighted by atomic mass is 16.5. The molecular formula is C26H25NO4. The molecule has 0 unspecified atom stereocenters. The smallest absolute Gasteiger partial charge is 0.331 e. The van der Waals surface area contributed by atoms with Gasteiger partial charge in [-0.15, -0.1) is 0 Å². The molecule has 0 aliphatic carbocycles. The summed E-state index contributed by atoms with van der Waals surface area (Å²) in [4.78, 5) is 23.9. The van der Waals surface area contributed by atoms with Crippen molar-refractivity contribution in [3.05, 3.63) is 96.1 Å². The fourth-order valence-corrected chi connectivity index (χ4v) is 2.77. The molecule has 0 aliphatic rings. The quantitative estimate of drug-likeness (QED) is 0.373. The average Bonchev–Trinajstić information content (AvgIpc) is 2.78. The lowest BCUT2D eigenvalue weighted by molar-refractivity contribution is -0.142. The molecule has 0 atom stereocenters. The van der Waals surface area contributed by atoms with Crippen molar-refractivity contribution in [1.82, 2.24) is 0 Å². The Morgan fingerprint density at radius 2 is 1.52 bits per heavy atom. The van der Waals surface area contributed by atoms with Crippen LogP contribution in [0.2, 0.25) is 0 Å². The summed E-state index contributed by atoms with van der Waals surface area (Å²) in [6.07, 6.45) is 2.98. The zero-order valence-corrected chi connectivity index (χ0v) is 17.6. The molecule has 0 saturated heterocycles. The summed E-state index contributed by atoms with van der Waals surface area (Å²) in [6.45, 7) is 3.89. The summed E-state index contributed by atoms with van der Waals surface area (Å²) in [6, 6.07) is 24.3. The molecule has 31 heavy (non-hydrogen) atoms. The Labute approximate surface area is 182 Å². The Morgan fingerprint density at radius 3 is 2.16 bits per heavy atom. The fraction of sp³-hybridized carbons (Fsp3) is 0.154. The van der Waals surface area contributed by atoms with Crippen LogP contribution in [0.3, 0.4) is 0 Å². The van der Waals surface area contributed by atoms with E-state index in [0.717, 1.165) is 11.3 Å². The number of hydrogen-bond acceptors (Lipinski definition) is 4. The second-order valence-corrected chi connectivity index (χ2v) is 7.25. The number of amides is 1. The number of carbonyl (C=O) groups is 2. The lowest BCUT2D eigenvalue weighted by Crippen LogP contribution is -2.20. The third-order valence-electron chi connectivity index (χ3n) is 4.48. The van der Waals surface area contributed by atoms with E-state index in [-0.39, 0.29) is 6.61 Å². The molecule has 3 aromatic carbocycles. The van der Waals surface area contributed by atoms with Crippen molar-refractivity contribution in [3.63, 3.8) is 0 Å². The van der Waals surface area contributed by atoms with Gasteiger partial charge in [0.25, 0.3) is 5.91 Å². The normalized spacial score (nSPS) is 10.8. The lowest BCUT2D eigenvalue weighted by atomic mass is 10.0. The van der Waals surface area contributed by atoms with Crippen molar-refractivity contribution in [1.29, 1.82) is 0 Å². The molecule has 1 amide bonds. The van der Waals surface area contributed by atoms with E-state index in [2.05, 4.69) is 19.2 Å². The Bertz CT molecular complexity index is 1020. The monoisotopic (exact) mass is 415 g/mol. The van der Waals surface area contributed by atoms with Crippen molar-refractivity contribution < 1.29 is 19.1 Å². The third kappa shape index (κ3) is 7.16. The molecule has 5 nitrogen and oxygen atoms in total. The Balaban J connectivity index is 1.43. The summed E-state index contributed by atoms with van der Waals surface area (Å²) in [5, 5.41) is 2.68. The first-order valence-corrected chi connectivity index (χ1v) is 10.1. The van der Waals surface area contributed by atoms with Crippen molar-refractivity contribution in [2.45, 2.75) is 19.8 Å². The number of nitrogens with one attached hydrogen (secondary N) is 1. The molecule has 0 saturated carbocycles. The van der Waals surface area contributed by atoms with Crippen LogP contribution in [0.5, 0.6) is 11.5 Å². The van der Waals surface area contributed by atoms with Gasteiger partial charge in [-0.2, -0.15) is 0 Å². The predicted octanol–water partition coefficient (Wildman–Crippen LogP) is 5.80. The summed E-state index contributed by atoms with van der Waals surface area (Å²) >= 11 is 0. The first kappa shape index (κ1) is 21.8. The molecule has 0 aromatic heterocycles. The van der Waals surface area contributed by atoms with Crippen LogP contribution < -0.4 is 10.1 Å². The molecule has 1 N–H and O–H groups in total. The number of anilines is 1. The molecule has 3 rings (SSSR count). The second-order valence-electron chi connectivity index (χ2n) is 7.25. The minimum Gasteiger partial charge on any atom is -0.457 e. The van der Waals surface area contributed by atoms with Crippen molar-refractivity contribution in [3.8, 4) is 11.5 Å². The third-order valence-corrected chi connectivity index (χ3v) is 4.48. The SMILES string of the molecule is CC(C)c1ccc(/C=C/C(=O)OCC(=O)Nc2ccc(Oc3ccccc3)cc2)cc1. The molecule has 0 fully saturated rings. The van der Waals surface area contributed by atoms with Gasteiger partial charge in [-0.25, -0.2) is 4.79 Å². The van der Waals surface area contributed by atoms with Crippen LogP contribution in [0.1, 0.15) is 30.9 Å². The largest absolute Gasteiger partial charge is 0.457 e. The zero-order valence-electron chi connectivity index (χ0n) is 17.6. The van der Waals surface area contributed by atoms with Crippen LogP contribution in [0.15, 0.2) is 84.9 Å². The number of esters is 1. The van der Waals surface area contributed by atoms with Gasteiger partial charge in [0.15, 0.2) is 6.61 Å². The van der Waals surface area contributed by atoms with E-state index in [4.69, 9.17) is 9.47 Å². The maximum Gasteiger partial charge on any atom is 0.331 e. The average molecular weight is 415 g/mol. The van der Waals surface area contributed by atoms with Gasteiger partial charge >= 0.3 is 5.97 Å². The molecule has 3 aromatic rings. The molecule has 0 aliphatic heterocycles. The zero-order chi connectivity index (χ0) is 22.1. The van der Waals surface area contributed by atoms with Crippen LogP contribution in [0, 0.1) is 0 Å². The highest BCUT2D eigenvalue weighted by molar-refractivity contribution is 5.94. The van der Waals surface area contributed by atoms with E-state index in [1.54, 1.807) is 30.3 Å². The van der Waals surface area contributed by atoms with Crippen LogP contribution in [-0.2, 0) is 14.3 Å². The summed E-state index contributed by atoms with van der Waals surface area (Å²) in [7, 11) is 0. The van der Waals surface area contributed by atoms with Gasteiger partial charge in [0.05, 0.1) is 0 Å².